The lowest BCUT2D eigenvalue weighted by atomic mass is 9.42. The van der Waals surface area contributed by atoms with Crippen molar-refractivity contribution in [3.63, 3.8) is 0 Å². The van der Waals surface area contributed by atoms with Gasteiger partial charge in [0.1, 0.15) is 23.4 Å². The van der Waals surface area contributed by atoms with Crippen LogP contribution >= 0.6 is 0 Å². The first kappa shape index (κ1) is 36.7. The molecule has 5 rings (SSSR count). The minimum absolute atomic E-state index is 0.00659. The van der Waals surface area contributed by atoms with Crippen LogP contribution in [0, 0.1) is 40.9 Å². The van der Waals surface area contributed by atoms with Crippen molar-refractivity contribution in [3.05, 3.63) is 0 Å². The van der Waals surface area contributed by atoms with E-state index in [1.54, 1.807) is 41.5 Å². The molecule has 14 heteroatoms. The highest BCUT2D eigenvalue weighted by molar-refractivity contribution is 5.95. The van der Waals surface area contributed by atoms with Crippen LogP contribution in [0.3, 0.4) is 0 Å². The minimum atomic E-state index is -1.84. The number of hydrogen-bond donors (Lipinski definition) is 0. The third-order valence-electron chi connectivity index (χ3n) is 11.5. The molecule has 13 atom stereocenters. The molecule has 1 heterocycles. The fraction of sp³-hybridized carbons (Fsp3) is 0.800. The second-order valence-electron chi connectivity index (χ2n) is 15.3. The Bertz CT molecular complexity index is 1450. The van der Waals surface area contributed by atoms with Gasteiger partial charge in [-0.3, -0.25) is 33.6 Å². The van der Waals surface area contributed by atoms with Gasteiger partial charge in [0.15, 0.2) is 23.6 Å². The summed E-state index contributed by atoms with van der Waals surface area (Å²) in [6, 6.07) is 0. The molecule has 0 radical (unpaired) electrons. The van der Waals surface area contributed by atoms with E-state index >= 15 is 4.79 Å². The van der Waals surface area contributed by atoms with E-state index in [4.69, 9.17) is 33.2 Å². The molecule has 5 unspecified atom stereocenters. The second kappa shape index (κ2) is 12.3. The van der Waals surface area contributed by atoms with Gasteiger partial charge in [-0.15, -0.1) is 0 Å². The van der Waals surface area contributed by atoms with Gasteiger partial charge in [-0.1, -0.05) is 27.7 Å². The molecule has 1 aliphatic heterocycles. The van der Waals surface area contributed by atoms with Gasteiger partial charge in [-0.2, -0.15) is 0 Å². The molecule has 0 N–H and O–H groups in total. The van der Waals surface area contributed by atoms with E-state index < -0.39 is 124 Å². The summed E-state index contributed by atoms with van der Waals surface area (Å²) in [6.45, 7) is 14.4. The van der Waals surface area contributed by atoms with Crippen molar-refractivity contribution >= 4 is 41.6 Å². The largest absolute Gasteiger partial charge is 0.461 e. The number of carbonyl (C=O) groups excluding carboxylic acids is 7. The molecule has 2 bridgehead atoms. The lowest BCUT2D eigenvalue weighted by Crippen LogP contribution is -2.75. The highest BCUT2D eigenvalue weighted by Crippen LogP contribution is 2.73. The molecule has 4 aliphatic carbocycles. The van der Waals surface area contributed by atoms with Gasteiger partial charge < -0.3 is 33.2 Å². The minimum Gasteiger partial charge on any atom is -0.461 e. The van der Waals surface area contributed by atoms with E-state index in [1.165, 1.54) is 20.8 Å². The number of Topliss-reactive ketones (excluding diaryl/α,β-unsaturated/α-hetero) is 1. The topological polar surface area (TPSA) is 184 Å². The summed E-state index contributed by atoms with van der Waals surface area (Å²) in [6.07, 6.45) is -5.24. The molecule has 4 saturated carbocycles. The maximum Gasteiger partial charge on any atom is 0.309 e. The molecule has 0 aromatic rings. The number of carbonyl (C=O) groups is 7. The van der Waals surface area contributed by atoms with Crippen LogP contribution in [0.2, 0.25) is 0 Å². The number of rotatable bonds is 8. The van der Waals surface area contributed by atoms with E-state index in [2.05, 4.69) is 0 Å². The highest BCUT2D eigenvalue weighted by Gasteiger charge is 2.86. The zero-order chi connectivity index (χ0) is 36.6. The van der Waals surface area contributed by atoms with Crippen molar-refractivity contribution in [3.8, 4) is 0 Å². The fourth-order valence-corrected chi connectivity index (χ4v) is 10.2. The lowest BCUT2D eigenvalue weighted by Gasteiger charge is -2.64. The van der Waals surface area contributed by atoms with Gasteiger partial charge in [0.25, 0.3) is 0 Å². The van der Waals surface area contributed by atoms with E-state index in [1.807, 2.05) is 0 Å². The van der Waals surface area contributed by atoms with Gasteiger partial charge in [0.2, 0.25) is 0 Å². The van der Waals surface area contributed by atoms with Crippen molar-refractivity contribution in [2.75, 3.05) is 6.61 Å². The molecule has 272 valence electrons. The third kappa shape index (κ3) is 5.43. The van der Waals surface area contributed by atoms with Crippen molar-refractivity contribution in [2.45, 2.75) is 130 Å². The Kier molecular flexibility index (Phi) is 9.25. The van der Waals surface area contributed by atoms with Crippen molar-refractivity contribution < 1.29 is 66.7 Å². The van der Waals surface area contributed by atoms with E-state index in [-0.39, 0.29) is 25.9 Å². The predicted molar refractivity (Wildman–Crippen MR) is 165 cm³/mol. The summed E-state index contributed by atoms with van der Waals surface area (Å²) < 4.78 is 43.1. The maximum atomic E-state index is 15.3. The van der Waals surface area contributed by atoms with Crippen LogP contribution in [0.1, 0.15) is 88.5 Å². The Morgan fingerprint density at radius 1 is 0.837 bits per heavy atom. The van der Waals surface area contributed by atoms with Crippen molar-refractivity contribution in [2.24, 2.45) is 40.9 Å². The Hall–Kier alpha value is -3.55. The van der Waals surface area contributed by atoms with Gasteiger partial charge in [0, 0.05) is 51.9 Å². The second-order valence-corrected chi connectivity index (χ2v) is 15.3. The number of ketones is 1. The summed E-state index contributed by atoms with van der Waals surface area (Å²) in [5.41, 5.74) is -6.53. The zero-order valence-corrected chi connectivity index (χ0v) is 29.8. The monoisotopic (exact) mass is 692 g/mol. The number of ether oxygens (including phenoxy) is 7. The first-order valence-electron chi connectivity index (χ1n) is 17.0. The zero-order valence-electron chi connectivity index (χ0n) is 29.8. The van der Waals surface area contributed by atoms with E-state index in [9.17, 15) is 28.8 Å². The van der Waals surface area contributed by atoms with Crippen LogP contribution in [0.5, 0.6) is 0 Å². The van der Waals surface area contributed by atoms with E-state index in [0.29, 0.717) is 0 Å². The third-order valence-corrected chi connectivity index (χ3v) is 11.5. The Balaban J connectivity index is 1.88. The molecule has 0 spiro atoms. The molecule has 0 aromatic heterocycles. The standard InChI is InChI=1S/C35H48O14/c1-11-22(40)46-25-16(4)12-35(49-20(8)39)24(25)29(44-17(5)36)34-14-43-33(10,31(35)45-18(6)37)27(34)23-21(13-32(23,9)48-19(7)38)26(28(34)41)47-30(42)15(2)3/h15-16,21,23-27,29,31H,11-14H2,1-10H3/t16?,21-,23+,24-,25?,26?,27+,29-,31?,32+,33+,34+,35?/m1/s1. The van der Waals surface area contributed by atoms with Gasteiger partial charge >= 0.3 is 35.8 Å². The maximum absolute atomic E-state index is 15.3. The van der Waals surface area contributed by atoms with Crippen LogP contribution in [0.25, 0.3) is 0 Å². The molecule has 5 fully saturated rings. The summed E-state index contributed by atoms with van der Waals surface area (Å²) >= 11 is 0. The normalized spacial score (nSPS) is 43.1. The molecule has 0 aromatic carbocycles. The molecular formula is C35H48O14. The molecule has 0 amide bonds. The van der Waals surface area contributed by atoms with Crippen LogP contribution in [0.4, 0.5) is 0 Å². The molecule has 1 saturated heterocycles. The average Bonchev–Trinajstić information content (AvgIpc) is 3.40. The molecule has 5 aliphatic rings. The predicted octanol–water partition coefficient (Wildman–Crippen LogP) is 2.64. The van der Waals surface area contributed by atoms with Crippen molar-refractivity contribution in [1.82, 2.24) is 0 Å². The molecule has 49 heavy (non-hydrogen) atoms. The van der Waals surface area contributed by atoms with Crippen LogP contribution in [-0.2, 0) is 66.7 Å². The molecule has 14 nitrogen and oxygen atoms in total. The summed E-state index contributed by atoms with van der Waals surface area (Å²) in [4.78, 5) is 93.2. The van der Waals surface area contributed by atoms with Crippen molar-refractivity contribution in [1.29, 1.82) is 0 Å². The Morgan fingerprint density at radius 3 is 1.98 bits per heavy atom. The Morgan fingerprint density at radius 2 is 1.45 bits per heavy atom. The summed E-state index contributed by atoms with van der Waals surface area (Å²) in [5, 5.41) is 0. The summed E-state index contributed by atoms with van der Waals surface area (Å²) in [5.74, 6) is -9.53. The highest BCUT2D eigenvalue weighted by atomic mass is 16.6. The Labute approximate surface area is 285 Å². The smallest absolute Gasteiger partial charge is 0.309 e. The van der Waals surface area contributed by atoms with Gasteiger partial charge in [-0.25, -0.2) is 0 Å². The summed E-state index contributed by atoms with van der Waals surface area (Å²) in [7, 11) is 0. The quantitative estimate of drug-likeness (QED) is 0.267. The lowest BCUT2D eigenvalue weighted by molar-refractivity contribution is -0.261. The number of esters is 6. The van der Waals surface area contributed by atoms with Crippen LogP contribution < -0.4 is 0 Å². The van der Waals surface area contributed by atoms with Crippen LogP contribution in [0.15, 0.2) is 0 Å². The number of fused-ring (bicyclic) bond motifs is 2. The average molecular weight is 693 g/mol. The van der Waals surface area contributed by atoms with E-state index in [0.717, 1.165) is 6.92 Å². The van der Waals surface area contributed by atoms with Gasteiger partial charge in [0.05, 0.1) is 23.9 Å². The fourth-order valence-electron chi connectivity index (χ4n) is 10.2. The number of hydrogen-bond acceptors (Lipinski definition) is 14. The molecular weight excluding hydrogens is 644 g/mol. The van der Waals surface area contributed by atoms with Crippen LogP contribution in [-0.4, -0.2) is 89.4 Å². The van der Waals surface area contributed by atoms with Gasteiger partial charge in [-0.05, 0) is 32.6 Å². The SMILES string of the molecule is CCC(=O)OC1C(C)CC2(OC(C)=O)C(OC(C)=O)[C@@]3(C)OC[C@]4(C(=O)C(OC(=O)C(C)C)[C@@H]5C[C@](C)(OC(C)=O)[C@@H]5[C@H]43)[C@H](OC(C)=O)[C@@H]12. The first-order chi connectivity index (χ1) is 22.7. The first-order valence-corrected chi connectivity index (χ1v) is 17.0.